The molecule has 1 aromatic heterocycles. The van der Waals surface area contributed by atoms with E-state index in [-0.39, 0.29) is 17.3 Å². The van der Waals surface area contributed by atoms with Gasteiger partial charge in [-0.2, -0.15) is 0 Å². The number of piperidine rings is 1. The van der Waals surface area contributed by atoms with Gasteiger partial charge < -0.3 is 4.98 Å². The van der Waals surface area contributed by atoms with Crippen LogP contribution in [-0.2, 0) is 5.54 Å². The van der Waals surface area contributed by atoms with Crippen LogP contribution < -0.4 is 5.69 Å². The van der Waals surface area contributed by atoms with Crippen LogP contribution in [0.2, 0.25) is 5.02 Å². The van der Waals surface area contributed by atoms with Crippen molar-refractivity contribution in [2.24, 2.45) is 0 Å². The van der Waals surface area contributed by atoms with Gasteiger partial charge in [-0.25, -0.2) is 4.79 Å². The van der Waals surface area contributed by atoms with E-state index < -0.39 is 0 Å². The SMILES string of the molecule is O=c1[nH]c2ccccc2n1C1CCN(C2(c3ccc(Cl)cc3)CCCCC2)CC1. The fourth-order valence-electron chi connectivity index (χ4n) is 5.67. The van der Waals surface area contributed by atoms with Crippen LogP contribution in [0.25, 0.3) is 11.0 Å². The predicted octanol–water partition coefficient (Wildman–Crippen LogP) is 5.48. The van der Waals surface area contributed by atoms with Gasteiger partial charge >= 0.3 is 5.69 Å². The van der Waals surface area contributed by atoms with Gasteiger partial charge in [0.15, 0.2) is 0 Å². The summed E-state index contributed by atoms with van der Waals surface area (Å²) in [7, 11) is 0. The summed E-state index contributed by atoms with van der Waals surface area (Å²) in [5.41, 5.74) is 3.52. The number of benzene rings is 2. The zero-order chi connectivity index (χ0) is 19.8. The molecular formula is C24H28ClN3O. The molecule has 1 saturated heterocycles. The number of hydrogen-bond donors (Lipinski definition) is 1. The number of fused-ring (bicyclic) bond motifs is 1. The number of halogens is 1. The summed E-state index contributed by atoms with van der Waals surface area (Å²) < 4.78 is 1.99. The molecule has 0 bridgehead atoms. The molecule has 0 atom stereocenters. The minimum absolute atomic E-state index is 0.0229. The molecule has 152 valence electrons. The maximum absolute atomic E-state index is 12.6. The normalized spacial score (nSPS) is 20.9. The molecule has 4 nitrogen and oxygen atoms in total. The first-order chi connectivity index (χ1) is 14.2. The number of likely N-dealkylation sites (tertiary alicyclic amines) is 1. The Bertz CT molecular complexity index is 1040. The van der Waals surface area contributed by atoms with E-state index in [0.29, 0.717) is 0 Å². The van der Waals surface area contributed by atoms with Gasteiger partial charge in [0.25, 0.3) is 0 Å². The van der Waals surface area contributed by atoms with E-state index in [2.05, 4.69) is 28.1 Å². The quantitative estimate of drug-likeness (QED) is 0.622. The third-order valence-corrected chi connectivity index (χ3v) is 7.37. The average Bonchev–Trinajstić information content (AvgIpc) is 3.10. The minimum atomic E-state index is 0.0229. The van der Waals surface area contributed by atoms with Gasteiger partial charge in [-0.05, 0) is 55.5 Å². The minimum Gasteiger partial charge on any atom is -0.306 e. The van der Waals surface area contributed by atoms with Gasteiger partial charge in [0.1, 0.15) is 0 Å². The van der Waals surface area contributed by atoms with Crippen LogP contribution >= 0.6 is 11.6 Å². The number of imidazole rings is 1. The summed E-state index contributed by atoms with van der Waals surface area (Å²) in [4.78, 5) is 18.3. The molecule has 0 spiro atoms. The summed E-state index contributed by atoms with van der Waals surface area (Å²) in [5.74, 6) is 0. The Labute approximate surface area is 176 Å². The summed E-state index contributed by atoms with van der Waals surface area (Å²) >= 11 is 6.17. The molecule has 1 saturated carbocycles. The molecule has 5 rings (SSSR count). The lowest BCUT2D eigenvalue weighted by molar-refractivity contribution is 0.0189. The van der Waals surface area contributed by atoms with Crippen LogP contribution in [0.15, 0.2) is 53.3 Å². The van der Waals surface area contributed by atoms with Crippen LogP contribution in [0, 0.1) is 0 Å². The van der Waals surface area contributed by atoms with E-state index >= 15 is 0 Å². The van der Waals surface area contributed by atoms with Gasteiger partial charge in [0, 0.05) is 29.7 Å². The lowest BCUT2D eigenvalue weighted by atomic mass is 9.74. The highest BCUT2D eigenvalue weighted by Gasteiger charge is 2.41. The molecule has 1 N–H and O–H groups in total. The smallest absolute Gasteiger partial charge is 0.306 e. The van der Waals surface area contributed by atoms with Crippen LogP contribution in [-0.4, -0.2) is 27.5 Å². The first-order valence-corrected chi connectivity index (χ1v) is 11.3. The number of H-pyrrole nitrogens is 1. The fraction of sp³-hybridized carbons (Fsp3) is 0.458. The highest BCUT2D eigenvalue weighted by Crippen LogP contribution is 2.44. The monoisotopic (exact) mass is 409 g/mol. The molecule has 2 heterocycles. The second-order valence-corrected chi connectivity index (χ2v) is 9.07. The third kappa shape index (κ3) is 3.32. The van der Waals surface area contributed by atoms with Gasteiger partial charge in [-0.1, -0.05) is 55.1 Å². The highest BCUT2D eigenvalue weighted by atomic mass is 35.5. The molecule has 1 aliphatic heterocycles. The van der Waals surface area contributed by atoms with Crippen molar-refractivity contribution in [3.05, 3.63) is 69.6 Å². The molecule has 2 aliphatic rings. The second-order valence-electron chi connectivity index (χ2n) is 8.63. The summed E-state index contributed by atoms with van der Waals surface area (Å²) in [5, 5.41) is 0.803. The Hall–Kier alpha value is -2.04. The summed E-state index contributed by atoms with van der Waals surface area (Å²) in [6, 6.07) is 16.8. The largest absolute Gasteiger partial charge is 0.326 e. The lowest BCUT2D eigenvalue weighted by Crippen LogP contribution is -2.51. The van der Waals surface area contributed by atoms with Crippen molar-refractivity contribution in [2.75, 3.05) is 13.1 Å². The van der Waals surface area contributed by atoms with Crippen LogP contribution in [0.4, 0.5) is 0 Å². The summed E-state index contributed by atoms with van der Waals surface area (Å²) in [6.07, 6.45) is 8.35. The Balaban J connectivity index is 1.41. The standard InChI is InChI=1S/C24H28ClN3O/c25-19-10-8-18(9-11-19)24(14-4-1-5-15-24)27-16-12-20(13-17-27)28-22-7-3-2-6-21(22)26-23(28)29/h2-3,6-11,20H,1,4-5,12-17H2,(H,26,29). The van der Waals surface area contributed by atoms with E-state index in [1.54, 1.807) is 0 Å². The van der Waals surface area contributed by atoms with Crippen molar-refractivity contribution in [3.63, 3.8) is 0 Å². The number of hydrogen-bond acceptors (Lipinski definition) is 2. The average molecular weight is 410 g/mol. The number of nitrogens with one attached hydrogen (secondary N) is 1. The van der Waals surface area contributed by atoms with Crippen LogP contribution in [0.3, 0.4) is 0 Å². The molecule has 3 aromatic rings. The zero-order valence-corrected chi connectivity index (χ0v) is 17.5. The molecule has 29 heavy (non-hydrogen) atoms. The van der Waals surface area contributed by atoms with Gasteiger partial charge in [0.2, 0.25) is 0 Å². The van der Waals surface area contributed by atoms with E-state index in [9.17, 15) is 4.79 Å². The maximum atomic E-state index is 12.6. The fourth-order valence-corrected chi connectivity index (χ4v) is 5.80. The molecule has 0 amide bonds. The third-order valence-electron chi connectivity index (χ3n) is 7.12. The van der Waals surface area contributed by atoms with Gasteiger partial charge in [-0.15, -0.1) is 0 Å². The molecule has 1 aliphatic carbocycles. The molecular weight excluding hydrogens is 382 g/mol. The van der Waals surface area contributed by atoms with Crippen molar-refractivity contribution >= 4 is 22.6 Å². The molecule has 5 heteroatoms. The van der Waals surface area contributed by atoms with E-state index in [4.69, 9.17) is 11.6 Å². The Kier molecular flexibility index (Phi) is 5.00. The highest BCUT2D eigenvalue weighted by molar-refractivity contribution is 6.30. The number of aromatic nitrogens is 2. The number of rotatable bonds is 3. The van der Waals surface area contributed by atoms with Crippen molar-refractivity contribution in [1.29, 1.82) is 0 Å². The number of para-hydroxylation sites is 2. The van der Waals surface area contributed by atoms with Crippen LogP contribution in [0.1, 0.15) is 56.6 Å². The van der Waals surface area contributed by atoms with E-state index in [1.807, 2.05) is 34.9 Å². The summed E-state index contributed by atoms with van der Waals surface area (Å²) in [6.45, 7) is 2.05. The first kappa shape index (κ1) is 19.0. The molecule has 0 radical (unpaired) electrons. The number of aromatic amines is 1. The van der Waals surface area contributed by atoms with Crippen molar-refractivity contribution in [1.82, 2.24) is 14.5 Å². The molecule has 2 aromatic carbocycles. The topological polar surface area (TPSA) is 41.0 Å². The molecule has 0 unspecified atom stereocenters. The van der Waals surface area contributed by atoms with E-state index in [0.717, 1.165) is 42.0 Å². The zero-order valence-electron chi connectivity index (χ0n) is 16.7. The first-order valence-electron chi connectivity index (χ1n) is 10.9. The van der Waals surface area contributed by atoms with Crippen LogP contribution in [0.5, 0.6) is 0 Å². The lowest BCUT2D eigenvalue weighted by Gasteiger charge is -2.50. The number of nitrogens with zero attached hydrogens (tertiary/aromatic N) is 2. The van der Waals surface area contributed by atoms with Crippen molar-refractivity contribution < 1.29 is 0 Å². The van der Waals surface area contributed by atoms with Gasteiger partial charge in [-0.3, -0.25) is 9.47 Å². The van der Waals surface area contributed by atoms with Crippen molar-refractivity contribution in [3.8, 4) is 0 Å². The Morgan fingerprint density at radius 3 is 2.34 bits per heavy atom. The van der Waals surface area contributed by atoms with E-state index in [1.165, 1.54) is 37.7 Å². The van der Waals surface area contributed by atoms with Gasteiger partial charge in [0.05, 0.1) is 11.0 Å². The second kappa shape index (κ2) is 7.66. The predicted molar refractivity (Wildman–Crippen MR) is 119 cm³/mol. The molecule has 2 fully saturated rings. The maximum Gasteiger partial charge on any atom is 0.326 e. The van der Waals surface area contributed by atoms with Crippen molar-refractivity contribution in [2.45, 2.75) is 56.5 Å². The Morgan fingerprint density at radius 2 is 1.62 bits per heavy atom. The Morgan fingerprint density at radius 1 is 0.931 bits per heavy atom.